The maximum Gasteiger partial charge on any atom is 0.153 e. The van der Waals surface area contributed by atoms with Gasteiger partial charge in [-0.1, -0.05) is 0 Å². The highest BCUT2D eigenvalue weighted by Crippen LogP contribution is 2.00. The fourth-order valence-electron chi connectivity index (χ4n) is 0.807. The van der Waals surface area contributed by atoms with E-state index >= 15 is 0 Å². The molecule has 0 saturated carbocycles. The van der Waals surface area contributed by atoms with E-state index in [-0.39, 0.29) is 11.8 Å². The van der Waals surface area contributed by atoms with Gasteiger partial charge in [-0.3, -0.25) is 9.80 Å². The number of Topliss-reactive ketones (excluding diaryl/α,β-unsaturated/α-hetero) is 1. The lowest BCUT2D eigenvalue weighted by molar-refractivity contribution is -0.121. The molecular weight excluding hydrogens is 140 g/mol. The summed E-state index contributed by atoms with van der Waals surface area (Å²) in [5.74, 6) is 0.150. The molecule has 1 N–H and O–H groups in total. The van der Waals surface area contributed by atoms with Gasteiger partial charge in [-0.25, -0.2) is 0 Å². The summed E-state index contributed by atoms with van der Waals surface area (Å²) in [7, 11) is 0. The number of hydrazine groups is 1. The van der Waals surface area contributed by atoms with Crippen LogP contribution in [0.15, 0.2) is 24.6 Å². The fourth-order valence-corrected chi connectivity index (χ4v) is 0.807. The highest BCUT2D eigenvalue weighted by atomic mass is 16.1. The molecule has 0 spiro atoms. The summed E-state index contributed by atoms with van der Waals surface area (Å²) in [5, 5.41) is 1.77. The molecule has 0 aliphatic carbocycles. The van der Waals surface area contributed by atoms with Crippen molar-refractivity contribution in [2.24, 2.45) is 0 Å². The number of hydrogen-bond acceptors (Lipinski definition) is 3. The van der Waals surface area contributed by atoms with E-state index in [1.807, 2.05) is 25.3 Å². The zero-order chi connectivity index (χ0) is 8.27. The Kier molecular flexibility index (Phi) is 2.31. The number of ketones is 1. The summed E-state index contributed by atoms with van der Waals surface area (Å²) in [5.41, 5.74) is 2.95. The lowest BCUT2D eigenvalue weighted by atomic mass is 10.2. The highest BCUT2D eigenvalue weighted by Gasteiger charge is 2.13. The fraction of sp³-hybridized carbons (Fsp3) is 0.375. The molecule has 1 rings (SSSR count). The van der Waals surface area contributed by atoms with E-state index in [2.05, 4.69) is 5.43 Å². The van der Waals surface area contributed by atoms with Crippen molar-refractivity contribution in [2.75, 3.05) is 0 Å². The maximum absolute atomic E-state index is 10.9. The Balaban J connectivity index is 2.55. The molecule has 0 radical (unpaired) electrons. The second-order valence-corrected chi connectivity index (χ2v) is 2.52. The highest BCUT2D eigenvalue weighted by molar-refractivity contribution is 5.81. The van der Waals surface area contributed by atoms with E-state index in [0.717, 1.165) is 0 Å². The van der Waals surface area contributed by atoms with Gasteiger partial charge in [-0.05, 0) is 26.0 Å². The maximum atomic E-state index is 10.9. The van der Waals surface area contributed by atoms with Gasteiger partial charge in [0.2, 0.25) is 0 Å². The quantitative estimate of drug-likeness (QED) is 0.635. The van der Waals surface area contributed by atoms with Gasteiger partial charge in [0.05, 0.1) is 0 Å². The van der Waals surface area contributed by atoms with Crippen molar-refractivity contribution in [3.05, 3.63) is 24.6 Å². The van der Waals surface area contributed by atoms with Crippen LogP contribution >= 0.6 is 0 Å². The molecule has 1 unspecified atom stereocenters. The molecule has 0 saturated heterocycles. The third-order valence-electron chi connectivity index (χ3n) is 1.68. The topological polar surface area (TPSA) is 32.3 Å². The van der Waals surface area contributed by atoms with Crippen LogP contribution in [-0.2, 0) is 4.79 Å². The van der Waals surface area contributed by atoms with Gasteiger partial charge in [0.15, 0.2) is 5.78 Å². The smallest absolute Gasteiger partial charge is 0.153 e. The van der Waals surface area contributed by atoms with Crippen LogP contribution in [0.3, 0.4) is 0 Å². The first kappa shape index (κ1) is 7.85. The minimum Gasteiger partial charge on any atom is -0.306 e. The zero-order valence-corrected chi connectivity index (χ0v) is 6.74. The van der Waals surface area contributed by atoms with Gasteiger partial charge in [-0.2, -0.15) is 0 Å². The van der Waals surface area contributed by atoms with Crippen LogP contribution in [0.5, 0.6) is 0 Å². The van der Waals surface area contributed by atoms with E-state index in [1.165, 1.54) is 0 Å². The molecule has 0 fully saturated rings. The first-order chi connectivity index (χ1) is 5.22. The molecule has 0 aromatic carbocycles. The van der Waals surface area contributed by atoms with Crippen LogP contribution in [0.2, 0.25) is 0 Å². The van der Waals surface area contributed by atoms with E-state index < -0.39 is 0 Å². The van der Waals surface area contributed by atoms with E-state index in [1.54, 1.807) is 18.1 Å². The van der Waals surface area contributed by atoms with Crippen molar-refractivity contribution in [1.82, 2.24) is 10.4 Å². The third-order valence-corrected chi connectivity index (χ3v) is 1.68. The summed E-state index contributed by atoms with van der Waals surface area (Å²) >= 11 is 0. The van der Waals surface area contributed by atoms with Gasteiger partial charge in [0, 0.05) is 12.4 Å². The first-order valence-corrected chi connectivity index (χ1v) is 3.60. The second-order valence-electron chi connectivity index (χ2n) is 2.52. The Bertz CT molecular complexity index is 208. The molecule has 0 amide bonds. The Morgan fingerprint density at radius 1 is 1.55 bits per heavy atom. The lowest BCUT2D eigenvalue weighted by Crippen LogP contribution is -2.41. The van der Waals surface area contributed by atoms with Gasteiger partial charge in [0.25, 0.3) is 0 Å². The standard InChI is InChI=1S/C8H12N2O/c1-7(8(2)11)10-6-4-3-5-9-10/h3-7,9H,1-2H3. The molecule has 0 aromatic rings. The average Bonchev–Trinajstić information content (AvgIpc) is 2.05. The Morgan fingerprint density at radius 3 is 2.73 bits per heavy atom. The molecule has 0 bridgehead atoms. The monoisotopic (exact) mass is 152 g/mol. The van der Waals surface area contributed by atoms with E-state index in [4.69, 9.17) is 0 Å². The molecule has 60 valence electrons. The molecule has 0 aromatic heterocycles. The summed E-state index contributed by atoms with van der Waals surface area (Å²) < 4.78 is 0. The number of allylic oxidation sites excluding steroid dienone is 2. The molecule has 3 nitrogen and oxygen atoms in total. The van der Waals surface area contributed by atoms with Crippen LogP contribution in [0, 0.1) is 0 Å². The van der Waals surface area contributed by atoms with Crippen molar-refractivity contribution >= 4 is 5.78 Å². The van der Waals surface area contributed by atoms with Crippen LogP contribution < -0.4 is 5.43 Å². The van der Waals surface area contributed by atoms with Crippen molar-refractivity contribution in [1.29, 1.82) is 0 Å². The van der Waals surface area contributed by atoms with Crippen LogP contribution in [0.25, 0.3) is 0 Å². The molecule has 1 aliphatic heterocycles. The minimum atomic E-state index is -0.101. The summed E-state index contributed by atoms with van der Waals surface area (Å²) in [6.07, 6.45) is 7.39. The van der Waals surface area contributed by atoms with Crippen molar-refractivity contribution in [2.45, 2.75) is 19.9 Å². The third kappa shape index (κ3) is 1.83. The summed E-state index contributed by atoms with van der Waals surface area (Å²) in [6, 6.07) is -0.101. The minimum absolute atomic E-state index is 0.101. The summed E-state index contributed by atoms with van der Waals surface area (Å²) in [6.45, 7) is 3.44. The normalized spacial score (nSPS) is 17.8. The van der Waals surface area contributed by atoms with Crippen molar-refractivity contribution in [3.63, 3.8) is 0 Å². The van der Waals surface area contributed by atoms with Gasteiger partial charge in [0.1, 0.15) is 6.04 Å². The Morgan fingerprint density at radius 2 is 2.27 bits per heavy atom. The average molecular weight is 152 g/mol. The van der Waals surface area contributed by atoms with Gasteiger partial charge >= 0.3 is 0 Å². The Labute approximate surface area is 66.4 Å². The van der Waals surface area contributed by atoms with Crippen molar-refractivity contribution < 1.29 is 4.79 Å². The van der Waals surface area contributed by atoms with Crippen LogP contribution in [0.1, 0.15) is 13.8 Å². The molecule has 1 atom stereocenters. The molecular formula is C8H12N2O. The number of hydrogen-bond donors (Lipinski definition) is 1. The first-order valence-electron chi connectivity index (χ1n) is 3.60. The number of carbonyl (C=O) groups excluding carboxylic acids is 1. The van der Waals surface area contributed by atoms with Gasteiger partial charge in [-0.15, -0.1) is 0 Å². The van der Waals surface area contributed by atoms with Gasteiger partial charge < -0.3 is 5.43 Å². The number of nitrogens with one attached hydrogen (secondary N) is 1. The molecule has 3 heteroatoms. The van der Waals surface area contributed by atoms with Crippen molar-refractivity contribution in [3.8, 4) is 0 Å². The van der Waals surface area contributed by atoms with Crippen LogP contribution in [0.4, 0.5) is 0 Å². The number of rotatable bonds is 2. The molecule has 1 heterocycles. The molecule has 11 heavy (non-hydrogen) atoms. The number of carbonyl (C=O) groups is 1. The summed E-state index contributed by atoms with van der Waals surface area (Å²) in [4.78, 5) is 10.9. The SMILES string of the molecule is CC(=O)C(C)N1C=CC=CN1. The largest absolute Gasteiger partial charge is 0.306 e. The number of nitrogens with zero attached hydrogens (tertiary/aromatic N) is 1. The molecule has 1 aliphatic rings. The predicted octanol–water partition coefficient (Wildman–Crippen LogP) is 0.811. The van der Waals surface area contributed by atoms with E-state index in [9.17, 15) is 4.79 Å². The second kappa shape index (κ2) is 3.23. The Hall–Kier alpha value is -1.25. The lowest BCUT2D eigenvalue weighted by Gasteiger charge is -2.26. The van der Waals surface area contributed by atoms with Crippen LogP contribution in [-0.4, -0.2) is 16.8 Å². The predicted molar refractivity (Wildman–Crippen MR) is 43.4 cm³/mol. The van der Waals surface area contributed by atoms with E-state index in [0.29, 0.717) is 0 Å². The zero-order valence-electron chi connectivity index (χ0n) is 6.74.